The van der Waals surface area contributed by atoms with Crippen LogP contribution in [-0.2, 0) is 6.42 Å². The molecule has 1 aliphatic carbocycles. The fraction of sp³-hybridized carbons (Fsp3) is 0.450. The van der Waals surface area contributed by atoms with Gasteiger partial charge in [-0.1, -0.05) is 39.5 Å². The normalized spacial score (nSPS) is 17.7. The quantitative estimate of drug-likeness (QED) is 0.770. The third-order valence-electron chi connectivity index (χ3n) is 4.40. The Hall–Kier alpha value is -2.10. The van der Waals surface area contributed by atoms with Crippen LogP contribution in [0.5, 0.6) is 0 Å². The van der Waals surface area contributed by atoms with Gasteiger partial charge in [0.1, 0.15) is 5.82 Å². The first-order valence-corrected chi connectivity index (χ1v) is 8.45. The minimum absolute atomic E-state index is 0.0605. The topological polar surface area (TPSA) is 40.7 Å². The minimum Gasteiger partial charge on any atom is -0.330 e. The van der Waals surface area contributed by atoms with Gasteiger partial charge in [0.2, 0.25) is 5.95 Å². The molecule has 0 amide bonds. The first-order chi connectivity index (χ1) is 11.2. The van der Waals surface area contributed by atoms with E-state index < -0.39 is 0 Å². The van der Waals surface area contributed by atoms with Crippen LogP contribution in [0, 0.1) is 18.2 Å². The Morgan fingerprint density at radius 1 is 1.46 bits per heavy atom. The number of aryl methyl sites for hydroxylation is 2. The van der Waals surface area contributed by atoms with Crippen LogP contribution in [0.15, 0.2) is 36.7 Å². The number of H-pyrrole nitrogens is 1. The highest BCUT2D eigenvalue weighted by Gasteiger charge is 2.46. The predicted octanol–water partition coefficient (Wildman–Crippen LogP) is 5.57. The van der Waals surface area contributed by atoms with Crippen LogP contribution in [0.2, 0.25) is 0 Å². The summed E-state index contributed by atoms with van der Waals surface area (Å²) in [5.41, 5.74) is 4.53. The summed E-state index contributed by atoms with van der Waals surface area (Å²) in [5, 5.41) is 2.96. The molecule has 0 saturated heterocycles. The standard InChI is InChI=1S/C13H17F.C7H11N3/c1-4-9-7-10(5-6-12(9)14)11-8-13(11,2)3;1-5(2)9-7-8-4-6(3)10-7/h5-7,11H,4,8H2,1-3H3;4H,1H2,2-3H3,(H2,8,9,10)/t11-;/m0./s1. The van der Waals surface area contributed by atoms with Crippen molar-refractivity contribution in [3.8, 4) is 0 Å². The van der Waals surface area contributed by atoms with E-state index in [0.717, 1.165) is 29.3 Å². The molecule has 0 radical (unpaired) electrons. The zero-order chi connectivity index (χ0) is 17.9. The van der Waals surface area contributed by atoms with Crippen molar-refractivity contribution in [2.75, 3.05) is 5.32 Å². The number of benzene rings is 1. The van der Waals surface area contributed by atoms with Crippen LogP contribution in [0.1, 0.15) is 56.9 Å². The monoisotopic (exact) mass is 329 g/mol. The molecule has 3 rings (SSSR count). The second kappa shape index (κ2) is 7.20. The van der Waals surface area contributed by atoms with Crippen molar-refractivity contribution in [2.24, 2.45) is 5.41 Å². The molecule has 3 nitrogen and oxygen atoms in total. The molecule has 1 aliphatic rings. The zero-order valence-corrected chi connectivity index (χ0v) is 15.3. The van der Waals surface area contributed by atoms with Crippen LogP contribution in [0.4, 0.5) is 10.3 Å². The summed E-state index contributed by atoms with van der Waals surface area (Å²) in [6, 6.07) is 5.59. The Balaban J connectivity index is 0.000000185. The van der Waals surface area contributed by atoms with Crippen LogP contribution in [-0.4, -0.2) is 9.97 Å². The maximum Gasteiger partial charge on any atom is 0.204 e. The van der Waals surface area contributed by atoms with Crippen molar-refractivity contribution in [1.29, 1.82) is 0 Å². The Bertz CT molecular complexity index is 715. The Labute approximate surface area is 144 Å². The molecule has 1 aromatic heterocycles. The van der Waals surface area contributed by atoms with Crippen molar-refractivity contribution in [1.82, 2.24) is 9.97 Å². The fourth-order valence-electron chi connectivity index (χ4n) is 2.80. The van der Waals surface area contributed by atoms with Gasteiger partial charge in [0.15, 0.2) is 0 Å². The number of aromatic nitrogens is 2. The molecule has 2 N–H and O–H groups in total. The zero-order valence-electron chi connectivity index (χ0n) is 15.3. The van der Waals surface area contributed by atoms with Crippen molar-refractivity contribution in [2.45, 2.75) is 53.4 Å². The van der Waals surface area contributed by atoms with Gasteiger partial charge >= 0.3 is 0 Å². The average Bonchev–Trinajstić information content (AvgIpc) is 2.94. The molecule has 1 fully saturated rings. The molecular weight excluding hydrogens is 301 g/mol. The Morgan fingerprint density at radius 3 is 2.58 bits per heavy atom. The lowest BCUT2D eigenvalue weighted by Crippen LogP contribution is -1.94. The minimum atomic E-state index is -0.0605. The van der Waals surface area contributed by atoms with E-state index in [1.807, 2.05) is 32.9 Å². The highest BCUT2D eigenvalue weighted by Crippen LogP contribution is 2.58. The molecule has 2 aromatic rings. The number of imidazole rings is 1. The molecule has 1 saturated carbocycles. The maximum atomic E-state index is 13.2. The van der Waals surface area contributed by atoms with E-state index in [9.17, 15) is 4.39 Å². The molecule has 1 aromatic carbocycles. The largest absolute Gasteiger partial charge is 0.330 e. The Kier molecular flexibility index (Phi) is 5.47. The van der Waals surface area contributed by atoms with Gasteiger partial charge in [-0.25, -0.2) is 9.37 Å². The first kappa shape index (κ1) is 18.2. The lowest BCUT2D eigenvalue weighted by molar-refractivity contribution is 0.604. The van der Waals surface area contributed by atoms with Gasteiger partial charge in [-0.3, -0.25) is 0 Å². The van der Waals surface area contributed by atoms with E-state index in [2.05, 4.69) is 35.7 Å². The number of anilines is 1. The summed E-state index contributed by atoms with van der Waals surface area (Å²) in [6.07, 6.45) is 3.79. The fourth-order valence-corrected chi connectivity index (χ4v) is 2.80. The predicted molar refractivity (Wildman–Crippen MR) is 98.7 cm³/mol. The van der Waals surface area contributed by atoms with Gasteiger partial charge in [0.05, 0.1) is 0 Å². The number of rotatable bonds is 4. The summed E-state index contributed by atoms with van der Waals surface area (Å²) in [7, 11) is 0. The molecule has 0 aliphatic heterocycles. The SMILES string of the molecule is C=C(C)Nc1ncc(C)[nH]1.CCc1cc([C@@H]2CC2(C)C)ccc1F. The van der Waals surface area contributed by atoms with Gasteiger partial charge in [-0.05, 0) is 55.2 Å². The molecule has 0 unspecified atom stereocenters. The number of aromatic amines is 1. The average molecular weight is 329 g/mol. The summed E-state index contributed by atoms with van der Waals surface area (Å²) in [6.45, 7) is 14.1. The van der Waals surface area contributed by atoms with E-state index >= 15 is 0 Å². The third kappa shape index (κ3) is 4.70. The lowest BCUT2D eigenvalue weighted by atomic mass is 10.00. The molecule has 0 bridgehead atoms. The van der Waals surface area contributed by atoms with E-state index in [1.54, 1.807) is 12.3 Å². The molecule has 4 heteroatoms. The number of allylic oxidation sites excluding steroid dienone is 1. The number of hydrogen-bond acceptors (Lipinski definition) is 2. The third-order valence-corrected chi connectivity index (χ3v) is 4.40. The lowest BCUT2D eigenvalue weighted by Gasteiger charge is -2.06. The molecule has 1 heterocycles. The molecule has 1 atom stereocenters. The van der Waals surface area contributed by atoms with Gasteiger partial charge in [-0.2, -0.15) is 0 Å². The smallest absolute Gasteiger partial charge is 0.204 e. The van der Waals surface area contributed by atoms with Crippen LogP contribution < -0.4 is 5.32 Å². The van der Waals surface area contributed by atoms with Crippen molar-refractivity contribution in [3.63, 3.8) is 0 Å². The molecule has 0 spiro atoms. The van der Waals surface area contributed by atoms with Crippen LogP contribution >= 0.6 is 0 Å². The van der Waals surface area contributed by atoms with Gasteiger partial charge in [0, 0.05) is 17.6 Å². The van der Waals surface area contributed by atoms with Crippen LogP contribution in [0.3, 0.4) is 0 Å². The van der Waals surface area contributed by atoms with Crippen molar-refractivity contribution >= 4 is 5.95 Å². The number of nitrogens with one attached hydrogen (secondary N) is 2. The van der Waals surface area contributed by atoms with Gasteiger partial charge in [0.25, 0.3) is 0 Å². The molecule has 130 valence electrons. The highest BCUT2D eigenvalue weighted by molar-refractivity contribution is 5.33. The molecule has 24 heavy (non-hydrogen) atoms. The summed E-state index contributed by atoms with van der Waals surface area (Å²) >= 11 is 0. The maximum absolute atomic E-state index is 13.2. The van der Waals surface area contributed by atoms with E-state index in [4.69, 9.17) is 0 Å². The van der Waals surface area contributed by atoms with E-state index in [0.29, 0.717) is 11.3 Å². The van der Waals surface area contributed by atoms with Crippen molar-refractivity contribution in [3.05, 3.63) is 59.3 Å². The summed E-state index contributed by atoms with van der Waals surface area (Å²) in [4.78, 5) is 7.05. The van der Waals surface area contributed by atoms with Gasteiger partial charge < -0.3 is 10.3 Å². The van der Waals surface area contributed by atoms with E-state index in [1.165, 1.54) is 12.0 Å². The number of halogens is 1. The number of nitrogens with zero attached hydrogens (tertiary/aromatic N) is 1. The molecular formula is C20H28FN3. The second-order valence-electron chi connectivity index (χ2n) is 7.27. The summed E-state index contributed by atoms with van der Waals surface area (Å²) < 4.78 is 13.2. The van der Waals surface area contributed by atoms with Gasteiger partial charge in [-0.15, -0.1) is 0 Å². The Morgan fingerprint density at radius 2 is 2.12 bits per heavy atom. The summed E-state index contributed by atoms with van der Waals surface area (Å²) in [5.74, 6) is 1.34. The number of hydrogen-bond donors (Lipinski definition) is 2. The second-order valence-corrected chi connectivity index (χ2v) is 7.27. The van der Waals surface area contributed by atoms with Crippen LogP contribution in [0.25, 0.3) is 0 Å². The first-order valence-electron chi connectivity index (χ1n) is 8.45. The van der Waals surface area contributed by atoms with E-state index in [-0.39, 0.29) is 5.82 Å². The van der Waals surface area contributed by atoms with Crippen molar-refractivity contribution < 1.29 is 4.39 Å². The highest BCUT2D eigenvalue weighted by atomic mass is 19.1.